The largest absolute Gasteiger partial charge is 0.478 e. The van der Waals surface area contributed by atoms with Crippen molar-refractivity contribution in [3.63, 3.8) is 0 Å². The van der Waals surface area contributed by atoms with Crippen LogP contribution in [0.5, 0.6) is 0 Å². The van der Waals surface area contributed by atoms with Crippen LogP contribution in [0, 0.1) is 0 Å². The first kappa shape index (κ1) is 16.6. The molecule has 2 N–H and O–H groups in total. The average molecular weight is 321 g/mol. The molecule has 0 heterocycles. The molecule has 1 aromatic carbocycles. The summed E-state index contributed by atoms with van der Waals surface area (Å²) in [6.45, 7) is -0.0218. The van der Waals surface area contributed by atoms with E-state index in [9.17, 15) is 21.6 Å². The number of rotatable bonds is 7. The van der Waals surface area contributed by atoms with Gasteiger partial charge in [0.25, 0.3) is 0 Å². The molecule has 0 aliphatic rings. The molecular formula is C11H15NO6S2. The van der Waals surface area contributed by atoms with Crippen LogP contribution >= 0.6 is 0 Å². The second kappa shape index (κ2) is 6.33. The maximum Gasteiger partial charge on any atom is 0.335 e. The standard InChI is InChI=1S/C11H15NO6S2/c1-19(15,16)6-7-20(17,18)12-8-9-2-4-10(5-3-9)11(13)14/h2-5,12H,6-8H2,1H3,(H,13,14). The zero-order chi connectivity index (χ0) is 15.4. The summed E-state index contributed by atoms with van der Waals surface area (Å²) in [6, 6.07) is 5.70. The predicted octanol–water partition coefficient (Wildman–Crippen LogP) is -0.151. The van der Waals surface area contributed by atoms with Gasteiger partial charge >= 0.3 is 5.97 Å². The summed E-state index contributed by atoms with van der Waals surface area (Å²) < 4.78 is 47.2. The number of benzene rings is 1. The first-order valence-corrected chi connectivity index (χ1v) is 9.28. The summed E-state index contributed by atoms with van der Waals surface area (Å²) in [5, 5.41) is 8.71. The van der Waals surface area contributed by atoms with E-state index in [-0.39, 0.29) is 12.1 Å². The Balaban J connectivity index is 2.60. The van der Waals surface area contributed by atoms with Crippen molar-refractivity contribution in [1.29, 1.82) is 0 Å². The molecule has 1 rings (SSSR count). The minimum atomic E-state index is -3.68. The number of nitrogens with one attached hydrogen (secondary N) is 1. The molecule has 0 atom stereocenters. The van der Waals surface area contributed by atoms with Crippen molar-refractivity contribution in [2.45, 2.75) is 6.54 Å². The van der Waals surface area contributed by atoms with Crippen molar-refractivity contribution in [3.8, 4) is 0 Å². The number of carboxylic acid groups (broad SMARTS) is 1. The molecule has 1 aromatic rings. The first-order valence-electron chi connectivity index (χ1n) is 5.56. The molecule has 0 unspecified atom stereocenters. The molecule has 0 aliphatic carbocycles. The average Bonchev–Trinajstić information content (AvgIpc) is 2.34. The molecule has 0 aliphatic heterocycles. The van der Waals surface area contributed by atoms with Crippen molar-refractivity contribution in [2.75, 3.05) is 17.8 Å². The van der Waals surface area contributed by atoms with Crippen LogP contribution in [0.1, 0.15) is 15.9 Å². The maximum absolute atomic E-state index is 11.6. The van der Waals surface area contributed by atoms with E-state index < -0.39 is 37.3 Å². The third-order valence-corrected chi connectivity index (χ3v) is 4.95. The van der Waals surface area contributed by atoms with Crippen molar-refractivity contribution in [3.05, 3.63) is 35.4 Å². The Bertz CT molecular complexity index is 676. The van der Waals surface area contributed by atoms with E-state index in [1.807, 2.05) is 0 Å². The lowest BCUT2D eigenvalue weighted by atomic mass is 10.1. The molecule has 0 bridgehead atoms. The van der Waals surface area contributed by atoms with Crippen LogP contribution in [0.3, 0.4) is 0 Å². The van der Waals surface area contributed by atoms with Crippen LogP contribution in [-0.2, 0) is 26.4 Å². The third kappa shape index (κ3) is 6.13. The number of hydrogen-bond acceptors (Lipinski definition) is 5. The molecule has 0 amide bonds. The van der Waals surface area contributed by atoms with Gasteiger partial charge in [0, 0.05) is 12.8 Å². The smallest absolute Gasteiger partial charge is 0.335 e. The van der Waals surface area contributed by atoms with Crippen molar-refractivity contribution in [1.82, 2.24) is 4.72 Å². The second-order valence-electron chi connectivity index (χ2n) is 4.27. The number of sulfonamides is 1. The Labute approximate surface area is 117 Å². The highest BCUT2D eigenvalue weighted by Gasteiger charge is 2.14. The Morgan fingerprint density at radius 1 is 1.10 bits per heavy atom. The second-order valence-corrected chi connectivity index (χ2v) is 8.46. The fourth-order valence-electron chi connectivity index (χ4n) is 1.29. The molecule has 9 heteroatoms. The molecule has 20 heavy (non-hydrogen) atoms. The van der Waals surface area contributed by atoms with Gasteiger partial charge in [0.05, 0.1) is 17.1 Å². The zero-order valence-corrected chi connectivity index (χ0v) is 12.4. The molecule has 0 saturated carbocycles. The summed E-state index contributed by atoms with van der Waals surface area (Å²) in [5.41, 5.74) is 0.687. The molecule has 0 radical (unpaired) electrons. The van der Waals surface area contributed by atoms with Crippen LogP contribution in [0.4, 0.5) is 0 Å². The first-order chi connectivity index (χ1) is 9.09. The van der Waals surface area contributed by atoms with E-state index in [4.69, 9.17) is 5.11 Å². The highest BCUT2D eigenvalue weighted by molar-refractivity contribution is 7.93. The SMILES string of the molecule is CS(=O)(=O)CCS(=O)(=O)NCc1ccc(C(=O)O)cc1. The molecule has 7 nitrogen and oxygen atoms in total. The fourth-order valence-corrected chi connectivity index (χ4v) is 3.91. The van der Waals surface area contributed by atoms with Crippen LogP contribution in [0.25, 0.3) is 0 Å². The Morgan fingerprint density at radius 2 is 1.65 bits per heavy atom. The highest BCUT2D eigenvalue weighted by Crippen LogP contribution is 2.05. The van der Waals surface area contributed by atoms with E-state index in [0.717, 1.165) is 6.26 Å². The monoisotopic (exact) mass is 321 g/mol. The quantitative estimate of drug-likeness (QED) is 0.721. The van der Waals surface area contributed by atoms with E-state index in [1.165, 1.54) is 24.3 Å². The van der Waals surface area contributed by atoms with Crippen molar-refractivity contribution >= 4 is 25.8 Å². The fraction of sp³-hybridized carbons (Fsp3) is 0.364. The Morgan fingerprint density at radius 3 is 2.10 bits per heavy atom. The normalized spacial score (nSPS) is 12.2. The summed E-state index contributed by atoms with van der Waals surface area (Å²) in [7, 11) is -7.02. The number of aromatic carboxylic acids is 1. The van der Waals surface area contributed by atoms with Gasteiger partial charge in [-0.1, -0.05) is 12.1 Å². The predicted molar refractivity (Wildman–Crippen MR) is 73.7 cm³/mol. The number of sulfone groups is 1. The Hall–Kier alpha value is -1.45. The van der Waals surface area contributed by atoms with Crippen LogP contribution in [0.15, 0.2) is 24.3 Å². The number of carbonyl (C=O) groups is 1. The van der Waals surface area contributed by atoms with Crippen molar-refractivity contribution < 1.29 is 26.7 Å². The van der Waals surface area contributed by atoms with E-state index in [2.05, 4.69) is 4.72 Å². The lowest BCUT2D eigenvalue weighted by Gasteiger charge is -2.06. The minimum absolute atomic E-state index is 0.0218. The van der Waals surface area contributed by atoms with Gasteiger partial charge in [0.15, 0.2) is 0 Å². The van der Waals surface area contributed by atoms with Gasteiger partial charge in [-0.2, -0.15) is 0 Å². The van der Waals surface area contributed by atoms with Gasteiger partial charge in [-0.05, 0) is 17.7 Å². The van der Waals surface area contributed by atoms with Gasteiger partial charge in [-0.15, -0.1) is 0 Å². The Kier molecular flexibility index (Phi) is 5.26. The van der Waals surface area contributed by atoms with Crippen LogP contribution in [0.2, 0.25) is 0 Å². The molecule has 112 valence electrons. The zero-order valence-electron chi connectivity index (χ0n) is 10.7. The molecule has 0 saturated heterocycles. The van der Waals surface area contributed by atoms with Gasteiger partial charge in [0.1, 0.15) is 9.84 Å². The van der Waals surface area contributed by atoms with E-state index >= 15 is 0 Å². The van der Waals surface area contributed by atoms with Gasteiger partial charge < -0.3 is 5.11 Å². The van der Waals surface area contributed by atoms with Crippen LogP contribution in [-0.4, -0.2) is 45.7 Å². The lowest BCUT2D eigenvalue weighted by Crippen LogP contribution is -2.29. The molecule has 0 fully saturated rings. The summed E-state index contributed by atoms with van der Waals surface area (Å²) in [5.74, 6) is -2.01. The lowest BCUT2D eigenvalue weighted by molar-refractivity contribution is 0.0697. The van der Waals surface area contributed by atoms with E-state index in [1.54, 1.807) is 0 Å². The van der Waals surface area contributed by atoms with Crippen LogP contribution < -0.4 is 4.72 Å². The minimum Gasteiger partial charge on any atom is -0.478 e. The van der Waals surface area contributed by atoms with E-state index in [0.29, 0.717) is 5.56 Å². The molecule has 0 spiro atoms. The third-order valence-electron chi connectivity index (χ3n) is 2.42. The van der Waals surface area contributed by atoms with Gasteiger partial charge in [0.2, 0.25) is 10.0 Å². The summed E-state index contributed by atoms with van der Waals surface area (Å²) in [4.78, 5) is 10.6. The molecular weight excluding hydrogens is 306 g/mol. The topological polar surface area (TPSA) is 118 Å². The summed E-state index contributed by atoms with van der Waals surface area (Å²) in [6.07, 6.45) is 0.965. The molecule has 0 aromatic heterocycles. The highest BCUT2D eigenvalue weighted by atomic mass is 32.2. The van der Waals surface area contributed by atoms with Gasteiger partial charge in [-0.25, -0.2) is 26.4 Å². The van der Waals surface area contributed by atoms with Gasteiger partial charge in [-0.3, -0.25) is 0 Å². The number of hydrogen-bond donors (Lipinski definition) is 2. The van der Waals surface area contributed by atoms with Crippen molar-refractivity contribution in [2.24, 2.45) is 0 Å². The number of carboxylic acids is 1. The maximum atomic E-state index is 11.6. The summed E-state index contributed by atoms with van der Waals surface area (Å²) >= 11 is 0.